The normalized spacial score (nSPS) is 14.3. The molecule has 114 valence electrons. The van der Waals surface area contributed by atoms with E-state index in [0.717, 1.165) is 18.7 Å². The van der Waals surface area contributed by atoms with E-state index in [4.69, 9.17) is 9.47 Å². The third-order valence-electron chi connectivity index (χ3n) is 3.46. The summed E-state index contributed by atoms with van der Waals surface area (Å²) in [5.74, 6) is 1.49. The highest BCUT2D eigenvalue weighted by molar-refractivity contribution is 5.36. The average Bonchev–Trinajstić information content (AvgIpc) is 2.44. The van der Waals surface area contributed by atoms with Gasteiger partial charge in [0.2, 0.25) is 0 Å². The molecule has 0 radical (unpaired) electrons. The molecular weight excluding hydrogens is 250 g/mol. The van der Waals surface area contributed by atoms with E-state index in [9.17, 15) is 0 Å². The van der Waals surface area contributed by atoms with Crippen LogP contribution in [-0.4, -0.2) is 32.4 Å². The van der Waals surface area contributed by atoms with Gasteiger partial charge < -0.3 is 14.8 Å². The molecule has 0 aromatic heterocycles. The zero-order chi connectivity index (χ0) is 15.0. The largest absolute Gasteiger partial charge is 0.486 e. The summed E-state index contributed by atoms with van der Waals surface area (Å²) in [6, 6.07) is 8.76. The molecule has 3 heteroatoms. The monoisotopic (exact) mass is 279 g/mol. The number of rotatable bonds is 9. The SMILES string of the molecule is CCC(C)c1ccccc1OC(CNC(C)C)COC. The lowest BCUT2D eigenvalue weighted by Gasteiger charge is -2.23. The summed E-state index contributed by atoms with van der Waals surface area (Å²) >= 11 is 0. The molecule has 1 aromatic rings. The predicted molar refractivity (Wildman–Crippen MR) is 84.6 cm³/mol. The van der Waals surface area contributed by atoms with Crippen LogP contribution >= 0.6 is 0 Å². The van der Waals surface area contributed by atoms with E-state index in [1.165, 1.54) is 5.56 Å². The second kappa shape index (κ2) is 8.98. The second-order valence-corrected chi connectivity index (χ2v) is 5.61. The number of nitrogens with one attached hydrogen (secondary N) is 1. The highest BCUT2D eigenvalue weighted by atomic mass is 16.5. The van der Waals surface area contributed by atoms with E-state index in [1.54, 1.807) is 7.11 Å². The minimum atomic E-state index is 0.0348. The molecule has 1 aromatic carbocycles. The Morgan fingerprint density at radius 1 is 1.15 bits per heavy atom. The smallest absolute Gasteiger partial charge is 0.134 e. The van der Waals surface area contributed by atoms with Gasteiger partial charge in [-0.2, -0.15) is 0 Å². The Morgan fingerprint density at radius 2 is 1.85 bits per heavy atom. The minimum Gasteiger partial charge on any atom is -0.486 e. The Balaban J connectivity index is 2.76. The van der Waals surface area contributed by atoms with Crippen molar-refractivity contribution >= 4 is 0 Å². The first-order valence-corrected chi connectivity index (χ1v) is 7.56. The summed E-state index contributed by atoms with van der Waals surface area (Å²) in [5.41, 5.74) is 1.28. The number of methoxy groups -OCH3 is 1. The Bertz CT molecular complexity index is 379. The summed E-state index contributed by atoms with van der Waals surface area (Å²) in [4.78, 5) is 0. The van der Waals surface area contributed by atoms with Crippen molar-refractivity contribution in [3.8, 4) is 5.75 Å². The zero-order valence-corrected chi connectivity index (χ0v) is 13.5. The summed E-state index contributed by atoms with van der Waals surface area (Å²) < 4.78 is 11.4. The van der Waals surface area contributed by atoms with Gasteiger partial charge in [0.15, 0.2) is 0 Å². The summed E-state index contributed by atoms with van der Waals surface area (Å²) in [6.45, 7) is 10.1. The number of ether oxygens (including phenoxy) is 2. The molecule has 0 amide bonds. The van der Waals surface area contributed by atoms with E-state index in [2.05, 4.69) is 51.2 Å². The molecule has 20 heavy (non-hydrogen) atoms. The van der Waals surface area contributed by atoms with Gasteiger partial charge in [-0.25, -0.2) is 0 Å². The van der Waals surface area contributed by atoms with Crippen LogP contribution in [0.15, 0.2) is 24.3 Å². The number of benzene rings is 1. The maximum Gasteiger partial charge on any atom is 0.134 e. The molecule has 0 bridgehead atoms. The predicted octanol–water partition coefficient (Wildman–Crippen LogP) is 3.59. The molecule has 3 nitrogen and oxygen atoms in total. The zero-order valence-electron chi connectivity index (χ0n) is 13.5. The van der Waals surface area contributed by atoms with Crippen molar-refractivity contribution in [1.29, 1.82) is 0 Å². The van der Waals surface area contributed by atoms with Crippen LogP contribution in [0.4, 0.5) is 0 Å². The van der Waals surface area contributed by atoms with Gasteiger partial charge in [-0.05, 0) is 24.0 Å². The first kappa shape index (κ1) is 17.0. The minimum absolute atomic E-state index is 0.0348. The Labute approximate surface area is 123 Å². The van der Waals surface area contributed by atoms with Gasteiger partial charge in [0.1, 0.15) is 11.9 Å². The highest BCUT2D eigenvalue weighted by Gasteiger charge is 2.15. The average molecular weight is 279 g/mol. The molecule has 0 spiro atoms. The van der Waals surface area contributed by atoms with Crippen molar-refractivity contribution < 1.29 is 9.47 Å². The van der Waals surface area contributed by atoms with Crippen LogP contribution in [0.5, 0.6) is 5.75 Å². The fraction of sp³-hybridized carbons (Fsp3) is 0.647. The fourth-order valence-corrected chi connectivity index (χ4v) is 2.08. The van der Waals surface area contributed by atoms with Gasteiger partial charge in [0.05, 0.1) is 6.61 Å². The number of para-hydroxylation sites is 1. The third-order valence-corrected chi connectivity index (χ3v) is 3.46. The van der Waals surface area contributed by atoms with Crippen LogP contribution in [0, 0.1) is 0 Å². The van der Waals surface area contributed by atoms with E-state index in [1.807, 2.05) is 6.07 Å². The summed E-state index contributed by atoms with van der Waals surface area (Å²) in [7, 11) is 1.71. The molecule has 0 saturated heterocycles. The van der Waals surface area contributed by atoms with Gasteiger partial charge in [-0.1, -0.05) is 45.9 Å². The molecule has 0 aliphatic carbocycles. The lowest BCUT2D eigenvalue weighted by molar-refractivity contribution is 0.0785. The number of hydrogen-bond acceptors (Lipinski definition) is 3. The molecule has 1 N–H and O–H groups in total. The van der Waals surface area contributed by atoms with E-state index < -0.39 is 0 Å². The molecule has 0 aliphatic heterocycles. The molecular formula is C17H29NO2. The molecule has 0 fully saturated rings. The summed E-state index contributed by atoms with van der Waals surface area (Å²) in [5, 5.41) is 3.41. The van der Waals surface area contributed by atoms with Gasteiger partial charge in [0, 0.05) is 19.7 Å². The van der Waals surface area contributed by atoms with Crippen LogP contribution in [0.25, 0.3) is 0 Å². The topological polar surface area (TPSA) is 30.5 Å². The van der Waals surface area contributed by atoms with Crippen molar-refractivity contribution in [2.45, 2.75) is 52.2 Å². The van der Waals surface area contributed by atoms with Crippen molar-refractivity contribution in [2.24, 2.45) is 0 Å². The maximum atomic E-state index is 6.17. The third kappa shape index (κ3) is 5.51. The van der Waals surface area contributed by atoms with Crippen LogP contribution in [0.3, 0.4) is 0 Å². The Morgan fingerprint density at radius 3 is 2.45 bits per heavy atom. The number of hydrogen-bond donors (Lipinski definition) is 1. The van der Waals surface area contributed by atoms with E-state index in [-0.39, 0.29) is 6.10 Å². The molecule has 0 aliphatic rings. The van der Waals surface area contributed by atoms with Crippen LogP contribution in [0.1, 0.15) is 45.6 Å². The van der Waals surface area contributed by atoms with Gasteiger partial charge in [0.25, 0.3) is 0 Å². The van der Waals surface area contributed by atoms with Crippen LogP contribution in [-0.2, 0) is 4.74 Å². The molecule has 1 rings (SSSR count). The van der Waals surface area contributed by atoms with Gasteiger partial charge in [-0.3, -0.25) is 0 Å². The molecule has 2 atom stereocenters. The summed E-state index contributed by atoms with van der Waals surface area (Å²) in [6.07, 6.45) is 1.15. The van der Waals surface area contributed by atoms with Gasteiger partial charge >= 0.3 is 0 Å². The Kier molecular flexibility index (Phi) is 7.63. The maximum absolute atomic E-state index is 6.17. The lowest BCUT2D eigenvalue weighted by Crippen LogP contribution is -2.38. The molecule has 0 saturated carbocycles. The van der Waals surface area contributed by atoms with E-state index >= 15 is 0 Å². The van der Waals surface area contributed by atoms with Gasteiger partial charge in [-0.15, -0.1) is 0 Å². The van der Waals surface area contributed by atoms with Crippen LogP contribution in [0.2, 0.25) is 0 Å². The highest BCUT2D eigenvalue weighted by Crippen LogP contribution is 2.29. The molecule has 0 heterocycles. The van der Waals surface area contributed by atoms with Crippen molar-refractivity contribution in [3.63, 3.8) is 0 Å². The fourth-order valence-electron chi connectivity index (χ4n) is 2.08. The van der Waals surface area contributed by atoms with Crippen molar-refractivity contribution in [3.05, 3.63) is 29.8 Å². The van der Waals surface area contributed by atoms with Crippen molar-refractivity contribution in [1.82, 2.24) is 5.32 Å². The standard InChI is InChI=1S/C17H29NO2/c1-6-14(4)16-9-7-8-10-17(16)20-15(12-19-5)11-18-13(2)3/h7-10,13-15,18H,6,11-12H2,1-5H3. The lowest BCUT2D eigenvalue weighted by atomic mass is 9.98. The second-order valence-electron chi connectivity index (χ2n) is 5.61. The first-order valence-electron chi connectivity index (χ1n) is 7.56. The first-order chi connectivity index (χ1) is 9.58. The van der Waals surface area contributed by atoms with Crippen molar-refractivity contribution in [2.75, 3.05) is 20.3 Å². The Hall–Kier alpha value is -1.06. The van der Waals surface area contributed by atoms with E-state index in [0.29, 0.717) is 18.6 Å². The quantitative estimate of drug-likeness (QED) is 0.749. The molecule has 2 unspecified atom stereocenters. The van der Waals surface area contributed by atoms with Crippen LogP contribution < -0.4 is 10.1 Å².